The first kappa shape index (κ1) is 11.0. The lowest BCUT2D eigenvalue weighted by Crippen LogP contribution is -2.24. The molecule has 0 saturated carbocycles. The predicted octanol–water partition coefficient (Wildman–Crippen LogP) is 1.58. The highest BCUT2D eigenvalue weighted by Crippen LogP contribution is 2.11. The van der Waals surface area contributed by atoms with Crippen LogP contribution >= 0.6 is 11.3 Å². The van der Waals surface area contributed by atoms with E-state index >= 15 is 0 Å². The maximum atomic E-state index is 11.7. The highest BCUT2D eigenvalue weighted by atomic mass is 32.1. The van der Waals surface area contributed by atoms with Gasteiger partial charge in [-0.2, -0.15) is 0 Å². The van der Waals surface area contributed by atoms with Crippen molar-refractivity contribution in [1.29, 1.82) is 0 Å². The van der Waals surface area contributed by atoms with Gasteiger partial charge in [0.2, 0.25) is 5.91 Å². The average Bonchev–Trinajstić information content (AvgIpc) is 3.01. The van der Waals surface area contributed by atoms with Crippen LogP contribution in [0, 0.1) is 0 Å². The molecule has 6 heteroatoms. The van der Waals surface area contributed by atoms with Crippen molar-refractivity contribution in [1.82, 2.24) is 19.7 Å². The van der Waals surface area contributed by atoms with Crippen molar-refractivity contribution < 1.29 is 4.79 Å². The Morgan fingerprint density at radius 1 is 1.56 bits per heavy atom. The number of nitrogens with one attached hydrogen (secondary N) is 2. The van der Waals surface area contributed by atoms with Crippen molar-refractivity contribution in [2.75, 3.05) is 0 Å². The minimum atomic E-state index is -0.0121. The van der Waals surface area contributed by atoms with Gasteiger partial charge >= 0.3 is 0 Å². The summed E-state index contributed by atoms with van der Waals surface area (Å²) in [6.45, 7) is 0.546. The van der Waals surface area contributed by atoms with E-state index in [2.05, 4.69) is 15.3 Å². The quantitative estimate of drug-likeness (QED) is 0.748. The molecule has 3 heterocycles. The van der Waals surface area contributed by atoms with Crippen LogP contribution in [0.1, 0.15) is 11.3 Å². The molecule has 0 aromatic carbocycles. The number of fused-ring (bicyclic) bond motifs is 1. The number of carbonyl (C=O) groups excluding carboxylic acids is 1. The Hall–Kier alpha value is -2.08. The number of hydrogen-bond donors (Lipinski definition) is 2. The van der Waals surface area contributed by atoms with E-state index in [0.717, 1.165) is 16.2 Å². The van der Waals surface area contributed by atoms with Gasteiger partial charge < -0.3 is 10.3 Å². The van der Waals surface area contributed by atoms with Gasteiger partial charge in [0, 0.05) is 36.7 Å². The van der Waals surface area contributed by atoms with Gasteiger partial charge in [0.1, 0.15) is 0 Å². The normalized spacial score (nSPS) is 10.9. The van der Waals surface area contributed by atoms with Gasteiger partial charge in [-0.1, -0.05) is 0 Å². The molecule has 1 amide bonds. The summed E-state index contributed by atoms with van der Waals surface area (Å²) in [6.07, 6.45) is 7.85. The lowest BCUT2D eigenvalue weighted by molar-refractivity contribution is -0.120. The molecule has 0 radical (unpaired) electrons. The maximum absolute atomic E-state index is 11.7. The number of carbonyl (C=O) groups is 1. The molecule has 92 valence electrons. The van der Waals surface area contributed by atoms with Crippen molar-refractivity contribution in [3.63, 3.8) is 0 Å². The zero-order valence-corrected chi connectivity index (χ0v) is 10.4. The van der Waals surface area contributed by atoms with Crippen molar-refractivity contribution in [2.24, 2.45) is 0 Å². The van der Waals surface area contributed by atoms with Crippen LogP contribution in [0.2, 0.25) is 0 Å². The molecule has 0 aliphatic heterocycles. The fourth-order valence-electron chi connectivity index (χ4n) is 1.76. The summed E-state index contributed by atoms with van der Waals surface area (Å²) in [5, 5.41) is 4.84. The maximum Gasteiger partial charge on any atom is 0.226 e. The average molecular weight is 260 g/mol. The highest BCUT2D eigenvalue weighted by Gasteiger charge is 2.08. The van der Waals surface area contributed by atoms with E-state index in [1.54, 1.807) is 11.3 Å². The van der Waals surface area contributed by atoms with Gasteiger partial charge in [-0.3, -0.25) is 9.20 Å². The SMILES string of the molecule is O=C(Cc1cn2ccsc2n1)NCc1cc[nH]c1. The Morgan fingerprint density at radius 2 is 2.50 bits per heavy atom. The Morgan fingerprint density at radius 3 is 3.28 bits per heavy atom. The van der Waals surface area contributed by atoms with Crippen LogP contribution in [0.15, 0.2) is 36.2 Å². The number of aromatic amines is 1. The van der Waals surface area contributed by atoms with Crippen molar-refractivity contribution >= 4 is 22.2 Å². The van der Waals surface area contributed by atoms with Crippen LogP contribution in [0.4, 0.5) is 0 Å². The smallest absolute Gasteiger partial charge is 0.226 e. The number of imidazole rings is 1. The Kier molecular flexibility index (Phi) is 2.85. The zero-order valence-electron chi connectivity index (χ0n) is 9.59. The standard InChI is InChI=1S/C12H12N4OS/c17-11(14-7-9-1-2-13-6-9)5-10-8-16-3-4-18-12(16)15-10/h1-4,6,8,13H,5,7H2,(H,14,17). The monoisotopic (exact) mass is 260 g/mol. The number of thiazole rings is 1. The molecule has 0 aliphatic carbocycles. The van der Waals surface area contributed by atoms with Crippen LogP contribution in [0.5, 0.6) is 0 Å². The number of rotatable bonds is 4. The minimum absolute atomic E-state index is 0.0121. The predicted molar refractivity (Wildman–Crippen MR) is 69.4 cm³/mol. The van der Waals surface area contributed by atoms with Gasteiger partial charge in [-0.15, -0.1) is 11.3 Å². The van der Waals surface area contributed by atoms with E-state index in [1.807, 2.05) is 40.6 Å². The second kappa shape index (κ2) is 4.66. The van der Waals surface area contributed by atoms with E-state index in [9.17, 15) is 4.79 Å². The third-order valence-corrected chi connectivity index (χ3v) is 3.41. The van der Waals surface area contributed by atoms with Crippen molar-refractivity contribution in [3.05, 3.63) is 47.5 Å². The first-order valence-electron chi connectivity index (χ1n) is 5.61. The minimum Gasteiger partial charge on any atom is -0.367 e. The third kappa shape index (κ3) is 2.28. The fraction of sp³-hybridized carbons (Fsp3) is 0.167. The molecule has 0 aliphatic rings. The topological polar surface area (TPSA) is 62.2 Å². The molecule has 5 nitrogen and oxygen atoms in total. The summed E-state index contributed by atoms with van der Waals surface area (Å²) in [5.41, 5.74) is 1.86. The molecule has 0 saturated heterocycles. The van der Waals surface area contributed by atoms with Crippen LogP contribution in [-0.2, 0) is 17.8 Å². The third-order valence-electron chi connectivity index (χ3n) is 2.64. The molecule has 3 aromatic rings. The molecule has 18 heavy (non-hydrogen) atoms. The highest BCUT2D eigenvalue weighted by molar-refractivity contribution is 7.15. The summed E-state index contributed by atoms with van der Waals surface area (Å²) in [4.78, 5) is 20.0. The Bertz CT molecular complexity index is 624. The first-order chi connectivity index (χ1) is 8.81. The second-order valence-electron chi connectivity index (χ2n) is 4.00. The van der Waals surface area contributed by atoms with E-state index in [0.29, 0.717) is 13.0 Å². The van der Waals surface area contributed by atoms with Gasteiger partial charge in [0.25, 0.3) is 0 Å². The van der Waals surface area contributed by atoms with E-state index in [4.69, 9.17) is 0 Å². The molecule has 2 N–H and O–H groups in total. The fourth-order valence-corrected chi connectivity index (χ4v) is 2.48. The van der Waals surface area contributed by atoms with Gasteiger partial charge in [-0.05, 0) is 11.6 Å². The number of H-pyrrole nitrogens is 1. The van der Waals surface area contributed by atoms with Crippen LogP contribution < -0.4 is 5.32 Å². The Balaban J connectivity index is 1.59. The lowest BCUT2D eigenvalue weighted by atomic mass is 10.3. The van der Waals surface area contributed by atoms with E-state index in [1.165, 1.54) is 0 Å². The number of hydrogen-bond acceptors (Lipinski definition) is 3. The van der Waals surface area contributed by atoms with Crippen LogP contribution in [-0.4, -0.2) is 20.3 Å². The van der Waals surface area contributed by atoms with E-state index in [-0.39, 0.29) is 5.91 Å². The summed E-state index contributed by atoms with van der Waals surface area (Å²) in [5.74, 6) is -0.0121. The molecule has 0 bridgehead atoms. The molecule has 0 unspecified atom stereocenters. The summed E-state index contributed by atoms with van der Waals surface area (Å²) in [7, 11) is 0. The Labute approximate surface area is 107 Å². The zero-order chi connectivity index (χ0) is 12.4. The number of nitrogens with zero attached hydrogens (tertiary/aromatic N) is 2. The summed E-state index contributed by atoms with van der Waals surface area (Å²) < 4.78 is 1.93. The molecular weight excluding hydrogens is 248 g/mol. The largest absolute Gasteiger partial charge is 0.367 e. The van der Waals surface area contributed by atoms with Gasteiger partial charge in [0.15, 0.2) is 4.96 Å². The molecule has 0 spiro atoms. The van der Waals surface area contributed by atoms with Gasteiger partial charge in [-0.25, -0.2) is 4.98 Å². The number of amides is 1. The van der Waals surface area contributed by atoms with Crippen molar-refractivity contribution in [2.45, 2.75) is 13.0 Å². The van der Waals surface area contributed by atoms with Crippen molar-refractivity contribution in [3.8, 4) is 0 Å². The number of aromatic nitrogens is 3. The summed E-state index contributed by atoms with van der Waals surface area (Å²) >= 11 is 1.56. The van der Waals surface area contributed by atoms with Crippen LogP contribution in [0.3, 0.4) is 0 Å². The molecule has 0 atom stereocenters. The molecule has 3 rings (SSSR count). The second-order valence-corrected chi connectivity index (χ2v) is 4.87. The molecule has 3 aromatic heterocycles. The molecule has 0 fully saturated rings. The van der Waals surface area contributed by atoms with E-state index < -0.39 is 0 Å². The summed E-state index contributed by atoms with van der Waals surface area (Å²) in [6, 6.07) is 1.94. The van der Waals surface area contributed by atoms with Crippen LogP contribution in [0.25, 0.3) is 4.96 Å². The lowest BCUT2D eigenvalue weighted by Gasteiger charge is -2.01. The molecular formula is C12H12N4OS. The van der Waals surface area contributed by atoms with Gasteiger partial charge in [0.05, 0.1) is 12.1 Å². The first-order valence-corrected chi connectivity index (χ1v) is 6.49.